The zero-order valence-electron chi connectivity index (χ0n) is 8.24. The molecule has 1 heterocycles. The molecule has 0 atom stereocenters. The van der Waals surface area contributed by atoms with E-state index in [1.165, 1.54) is 18.3 Å². The second-order valence-corrected chi connectivity index (χ2v) is 4.07. The Morgan fingerprint density at radius 1 is 1.25 bits per heavy atom. The monoisotopic (exact) mass is 281 g/mol. The van der Waals surface area contributed by atoms with Crippen LogP contribution in [0.1, 0.15) is 0 Å². The Labute approximate surface area is 101 Å². The van der Waals surface area contributed by atoms with E-state index >= 15 is 0 Å². The van der Waals surface area contributed by atoms with Crippen molar-refractivity contribution in [1.29, 1.82) is 0 Å². The van der Waals surface area contributed by atoms with Crippen LogP contribution in [0.25, 0.3) is 0 Å². The smallest absolute Gasteiger partial charge is 0.125 e. The molecule has 0 saturated carbocycles. The first-order chi connectivity index (χ1) is 7.66. The zero-order valence-corrected chi connectivity index (χ0v) is 9.83. The molecule has 0 spiro atoms. The Morgan fingerprint density at radius 2 is 2.06 bits per heavy atom. The first kappa shape index (κ1) is 10.9. The third-order valence-electron chi connectivity index (χ3n) is 2.05. The van der Waals surface area contributed by atoms with Crippen molar-refractivity contribution in [2.75, 3.05) is 11.1 Å². The number of pyridine rings is 1. The van der Waals surface area contributed by atoms with Crippen molar-refractivity contribution < 1.29 is 4.39 Å². The van der Waals surface area contributed by atoms with Crippen LogP contribution in [0.15, 0.2) is 41.1 Å². The van der Waals surface area contributed by atoms with Crippen LogP contribution in [0, 0.1) is 5.82 Å². The minimum atomic E-state index is -0.307. The highest BCUT2D eigenvalue weighted by atomic mass is 79.9. The van der Waals surface area contributed by atoms with E-state index < -0.39 is 0 Å². The van der Waals surface area contributed by atoms with Crippen molar-refractivity contribution in [3.63, 3.8) is 0 Å². The number of rotatable bonds is 2. The molecule has 0 fully saturated rings. The van der Waals surface area contributed by atoms with E-state index in [2.05, 4.69) is 26.2 Å². The molecule has 0 amide bonds. The molecular formula is C11H9BrFN3. The number of anilines is 3. The fourth-order valence-corrected chi connectivity index (χ4v) is 1.60. The quantitative estimate of drug-likeness (QED) is 0.888. The van der Waals surface area contributed by atoms with Gasteiger partial charge >= 0.3 is 0 Å². The summed E-state index contributed by atoms with van der Waals surface area (Å²) in [5.41, 5.74) is 7.55. The molecule has 0 bridgehead atoms. The second kappa shape index (κ2) is 4.49. The van der Waals surface area contributed by atoms with Gasteiger partial charge < -0.3 is 11.1 Å². The summed E-state index contributed by atoms with van der Waals surface area (Å²) in [6, 6.07) is 6.14. The maximum Gasteiger partial charge on any atom is 0.125 e. The van der Waals surface area contributed by atoms with E-state index in [0.717, 1.165) is 4.47 Å². The van der Waals surface area contributed by atoms with E-state index in [1.54, 1.807) is 18.3 Å². The topological polar surface area (TPSA) is 50.9 Å². The van der Waals surface area contributed by atoms with E-state index in [9.17, 15) is 4.39 Å². The number of benzene rings is 1. The SMILES string of the molecule is Nc1cnccc1Nc1cc(F)ccc1Br. The van der Waals surface area contributed by atoms with Gasteiger partial charge in [-0.3, -0.25) is 4.98 Å². The van der Waals surface area contributed by atoms with Crippen LogP contribution in [0.2, 0.25) is 0 Å². The maximum absolute atomic E-state index is 13.0. The van der Waals surface area contributed by atoms with Gasteiger partial charge in [-0.1, -0.05) is 0 Å². The lowest BCUT2D eigenvalue weighted by Gasteiger charge is -2.10. The molecule has 82 valence electrons. The average molecular weight is 282 g/mol. The number of aromatic nitrogens is 1. The van der Waals surface area contributed by atoms with Gasteiger partial charge in [-0.15, -0.1) is 0 Å². The van der Waals surface area contributed by atoms with Gasteiger partial charge in [0.15, 0.2) is 0 Å². The van der Waals surface area contributed by atoms with Crippen molar-refractivity contribution in [1.82, 2.24) is 4.98 Å². The number of hydrogen-bond donors (Lipinski definition) is 2. The molecule has 0 radical (unpaired) electrons. The molecule has 1 aromatic heterocycles. The van der Waals surface area contributed by atoms with Crippen LogP contribution in [-0.2, 0) is 0 Å². The van der Waals surface area contributed by atoms with E-state index in [1.807, 2.05) is 0 Å². The number of halogens is 2. The molecule has 3 nitrogen and oxygen atoms in total. The summed E-state index contributed by atoms with van der Waals surface area (Å²) in [6.07, 6.45) is 3.15. The minimum Gasteiger partial charge on any atom is -0.396 e. The summed E-state index contributed by atoms with van der Waals surface area (Å²) >= 11 is 3.33. The Morgan fingerprint density at radius 3 is 2.81 bits per heavy atom. The van der Waals surface area contributed by atoms with Crippen LogP contribution in [-0.4, -0.2) is 4.98 Å². The third-order valence-corrected chi connectivity index (χ3v) is 2.74. The average Bonchev–Trinajstić information content (AvgIpc) is 2.27. The first-order valence-corrected chi connectivity index (χ1v) is 5.37. The lowest BCUT2D eigenvalue weighted by Crippen LogP contribution is -1.97. The van der Waals surface area contributed by atoms with Gasteiger partial charge in [0.05, 0.1) is 23.3 Å². The fourth-order valence-electron chi connectivity index (χ4n) is 1.26. The zero-order chi connectivity index (χ0) is 11.5. The molecule has 0 unspecified atom stereocenters. The molecule has 3 N–H and O–H groups in total. The van der Waals surface area contributed by atoms with Crippen LogP contribution < -0.4 is 11.1 Å². The molecule has 0 saturated heterocycles. The maximum atomic E-state index is 13.0. The molecule has 2 rings (SSSR count). The lowest BCUT2D eigenvalue weighted by atomic mass is 10.3. The Bertz CT molecular complexity index is 516. The van der Waals surface area contributed by atoms with Gasteiger partial charge in [0.25, 0.3) is 0 Å². The normalized spacial score (nSPS) is 10.1. The Balaban J connectivity index is 2.34. The largest absolute Gasteiger partial charge is 0.396 e. The van der Waals surface area contributed by atoms with Crippen molar-refractivity contribution >= 4 is 33.0 Å². The molecule has 0 aliphatic carbocycles. The summed E-state index contributed by atoms with van der Waals surface area (Å²) in [5.74, 6) is -0.307. The lowest BCUT2D eigenvalue weighted by molar-refractivity contribution is 0.628. The number of nitrogens with two attached hydrogens (primary N) is 1. The number of nitrogens with zero attached hydrogens (tertiary/aromatic N) is 1. The van der Waals surface area contributed by atoms with Gasteiger partial charge in [0.1, 0.15) is 5.82 Å². The summed E-state index contributed by atoms with van der Waals surface area (Å²) in [7, 11) is 0. The highest BCUT2D eigenvalue weighted by molar-refractivity contribution is 9.10. The number of hydrogen-bond acceptors (Lipinski definition) is 3. The van der Waals surface area contributed by atoms with Crippen molar-refractivity contribution in [3.8, 4) is 0 Å². The molecule has 0 aliphatic rings. The van der Waals surface area contributed by atoms with E-state index in [-0.39, 0.29) is 5.82 Å². The highest BCUT2D eigenvalue weighted by Gasteiger charge is 2.04. The fraction of sp³-hybridized carbons (Fsp3) is 0. The molecular weight excluding hydrogens is 273 g/mol. The van der Waals surface area contributed by atoms with E-state index in [0.29, 0.717) is 17.1 Å². The molecule has 2 aromatic rings. The van der Waals surface area contributed by atoms with Crippen LogP contribution >= 0.6 is 15.9 Å². The van der Waals surface area contributed by atoms with Crippen LogP contribution in [0.4, 0.5) is 21.5 Å². The molecule has 0 aliphatic heterocycles. The van der Waals surface area contributed by atoms with Gasteiger partial charge in [-0.25, -0.2) is 4.39 Å². The molecule has 16 heavy (non-hydrogen) atoms. The standard InChI is InChI=1S/C11H9BrFN3/c12-8-2-1-7(13)5-11(8)16-10-3-4-15-6-9(10)14/h1-6H,14H2,(H,15,16). The van der Waals surface area contributed by atoms with Crippen LogP contribution in [0.3, 0.4) is 0 Å². The van der Waals surface area contributed by atoms with E-state index in [4.69, 9.17) is 5.73 Å². The highest BCUT2D eigenvalue weighted by Crippen LogP contribution is 2.28. The third kappa shape index (κ3) is 2.30. The Hall–Kier alpha value is -1.62. The van der Waals surface area contributed by atoms with Crippen molar-refractivity contribution in [2.24, 2.45) is 0 Å². The van der Waals surface area contributed by atoms with Crippen LogP contribution in [0.5, 0.6) is 0 Å². The van der Waals surface area contributed by atoms with Crippen molar-refractivity contribution in [3.05, 3.63) is 46.9 Å². The van der Waals surface area contributed by atoms with Gasteiger partial charge in [-0.05, 0) is 40.2 Å². The first-order valence-electron chi connectivity index (χ1n) is 4.58. The second-order valence-electron chi connectivity index (χ2n) is 3.21. The van der Waals surface area contributed by atoms with Crippen molar-refractivity contribution in [2.45, 2.75) is 0 Å². The summed E-state index contributed by atoms with van der Waals surface area (Å²) in [5, 5.41) is 3.03. The van der Waals surface area contributed by atoms with Gasteiger partial charge in [0, 0.05) is 10.7 Å². The van der Waals surface area contributed by atoms with Gasteiger partial charge in [-0.2, -0.15) is 0 Å². The van der Waals surface area contributed by atoms with Gasteiger partial charge in [0.2, 0.25) is 0 Å². The summed E-state index contributed by atoms with van der Waals surface area (Å²) in [6.45, 7) is 0. The number of nitrogens with one attached hydrogen (secondary N) is 1. The predicted molar refractivity (Wildman–Crippen MR) is 66.0 cm³/mol. The molecule has 1 aromatic carbocycles. The predicted octanol–water partition coefficient (Wildman–Crippen LogP) is 3.31. The summed E-state index contributed by atoms with van der Waals surface area (Å²) in [4.78, 5) is 3.88. The molecule has 5 heteroatoms. The summed E-state index contributed by atoms with van der Waals surface area (Å²) < 4.78 is 13.8. The number of nitrogen functional groups attached to an aromatic ring is 1. The Kier molecular flexibility index (Phi) is 3.05. The minimum absolute atomic E-state index is 0.307.